The summed E-state index contributed by atoms with van der Waals surface area (Å²) in [5.74, 6) is 0. The van der Waals surface area contributed by atoms with Gasteiger partial charge >= 0.3 is 209 Å². The van der Waals surface area contributed by atoms with Gasteiger partial charge in [-0.2, -0.15) is 79.0 Å². The number of rotatable bonds is 14. The molecule has 0 amide bonds. The van der Waals surface area contributed by atoms with E-state index in [1.165, 1.54) is 50.5 Å². The van der Waals surface area contributed by atoms with Crippen molar-refractivity contribution >= 4 is 106 Å². The van der Waals surface area contributed by atoms with Crippen LogP contribution in [0.4, 0.5) is 135 Å². The normalized spacial score (nSPS) is 16.9. The van der Waals surface area contributed by atoms with E-state index in [2.05, 4.69) is 39.5 Å². The van der Waals surface area contributed by atoms with Gasteiger partial charge in [-0.3, -0.25) is 39.5 Å². The molecule has 0 unspecified atom stereocenters. The van der Waals surface area contributed by atoms with Crippen LogP contribution in [0.2, 0.25) is 0 Å². The molecule has 8 heterocycles. The summed E-state index contributed by atoms with van der Waals surface area (Å²) in [6.07, 6.45) is -11.6. The van der Waals surface area contributed by atoms with E-state index in [0.29, 0.717) is 84.0 Å². The molecule has 4 fully saturated rings. The van der Waals surface area contributed by atoms with Crippen LogP contribution in [0.3, 0.4) is 0 Å². The Bertz CT molecular complexity index is 4770. The van der Waals surface area contributed by atoms with Crippen molar-refractivity contribution in [2.45, 2.75) is 222 Å². The zero-order valence-corrected chi connectivity index (χ0v) is 90.8. The Morgan fingerprint density at radius 3 is 0.603 bits per heavy atom. The summed E-state index contributed by atoms with van der Waals surface area (Å²) < 4.78 is 444. The third-order valence-corrected chi connectivity index (χ3v) is 19.6. The molecule has 0 bridgehead atoms. The van der Waals surface area contributed by atoms with Gasteiger partial charge in [0, 0.05) is 97.4 Å². The van der Waals surface area contributed by atoms with Crippen molar-refractivity contribution in [1.82, 2.24) is 39.5 Å². The van der Waals surface area contributed by atoms with Gasteiger partial charge < -0.3 is 40.5 Å². The predicted molar refractivity (Wildman–Crippen MR) is 470 cm³/mol. The Balaban J connectivity index is -0.000000477. The Labute approximate surface area is 853 Å². The van der Waals surface area contributed by atoms with Crippen LogP contribution in [0, 0.1) is 27.7 Å². The summed E-state index contributed by atoms with van der Waals surface area (Å²) in [6, 6.07) is 23.9. The van der Waals surface area contributed by atoms with Crippen LogP contribution < -0.4 is 18.8 Å². The molecular formula is C86H98F42Fe2N12Sb4. The van der Waals surface area contributed by atoms with E-state index in [9.17, 15) is 135 Å². The van der Waals surface area contributed by atoms with Crippen LogP contribution in [0.15, 0.2) is 134 Å². The molecule has 0 N–H and O–H groups in total. The fraction of sp³-hybridized carbons (Fsp3) is 0.442. The first-order valence-electron chi connectivity index (χ1n) is 41.4. The predicted octanol–water partition coefficient (Wildman–Crippen LogP) is 19.8. The average Bonchev–Trinajstić information content (AvgIpc) is 1.71. The van der Waals surface area contributed by atoms with Gasteiger partial charge in [0.05, 0.1) is 56.2 Å². The van der Waals surface area contributed by atoms with Gasteiger partial charge in [-0.25, -0.2) is 24.9 Å². The van der Waals surface area contributed by atoms with Crippen LogP contribution in [0.5, 0.6) is 0 Å². The molecule has 8 aromatic rings. The molecule has 4 aliphatic rings. The first kappa shape index (κ1) is 150. The second-order valence-electron chi connectivity index (χ2n) is 29.9. The fourth-order valence-corrected chi connectivity index (χ4v) is 15.1. The zero-order valence-electron chi connectivity index (χ0n) is 78.4. The van der Waals surface area contributed by atoms with Gasteiger partial charge in [0.25, 0.3) is 0 Å². The summed E-state index contributed by atoms with van der Waals surface area (Å²) in [7, 11) is 0. The first-order chi connectivity index (χ1) is 63.6. The number of aryl methyl sites for hydroxylation is 4. The minimum absolute atomic E-state index is 0. The van der Waals surface area contributed by atoms with Crippen molar-refractivity contribution in [2.75, 3.05) is 26.2 Å². The second kappa shape index (κ2) is 61.9. The van der Waals surface area contributed by atoms with Gasteiger partial charge in [-0.15, -0.1) is 0 Å². The number of nitrogens with zero attached hydrogens (tertiary/aromatic N) is 12. The molecule has 4 saturated heterocycles. The summed E-state index contributed by atoms with van der Waals surface area (Å²) >= 11 is -36.8. The number of halogens is 42. The van der Waals surface area contributed by atoms with E-state index in [-0.39, 0.29) is 122 Å². The Hall–Kier alpha value is -6.63. The van der Waals surface area contributed by atoms with E-state index < -0.39 is 152 Å². The number of hydrogen-bond acceptors (Lipinski definition) is 8. The molecule has 0 radical (unpaired) electrons. The number of hydrogen-bond donors (Lipinski definition) is 0. The standard InChI is InChI=1S/C38H34F12N4.C36H36F6N4.4C2H4N.2C2H6.24FH.2Fe.4Sb/c1-21-13-25(35(39,40)41)15-29(37(45,46)47)33(21)23-7-9-27(51-17-23)19-53-11-3-5-31(53)32-6-4-12-54(32)20-28-10-8-24(18-52-28)34-22(2)14-26(36(42,43)44)16-30(34)38(48,49)50;1-23-7-3-9-29(35(37,38)39)33(23)25-13-15-27(43-19-25)21-45-17-5-11-31(45)32-12-6-18-46(32)22-28-16-14-26(20-44-28)34-24(2)8-4-10-30(34)36(40,41)42;4*1-2-3;2*1-2;;;;;;;;;;;;;;;;;;;;;;;;;;;;;;/h7-10,13-18,31-32H,3-6,11-12,19-20H2,1-2H3;3-4,7-10,13-16,19-20,31-32H,5-6,11-12,17-18,21-22H2,1-2H3;4*2H,1H3;2*1-2H3;24*1H;;;;;;/q;;4*-1;;;;;;;;;;;;;;;;;;;;;;;;;;;2*+4;4*+5/p-24/t2*31-,32-;;;;;;;;;;;;;;;;;;;;;;;;;;;;;;;;;;;;/m11..................................../s1. The maximum atomic E-state index is 13.9. The van der Waals surface area contributed by atoms with Crippen molar-refractivity contribution in [3.63, 3.8) is 0 Å². The van der Waals surface area contributed by atoms with Crippen molar-refractivity contribution in [3.05, 3.63) is 234 Å². The molecule has 12 nitrogen and oxygen atoms in total. The molecule has 0 aliphatic carbocycles. The smallest absolute Gasteiger partial charge is 4.00 e. The molecule has 60 heteroatoms. The van der Waals surface area contributed by atoms with Gasteiger partial charge in [0.15, 0.2) is 0 Å². The maximum Gasteiger partial charge on any atom is 4.00 e. The van der Waals surface area contributed by atoms with Crippen molar-refractivity contribution in [1.29, 1.82) is 0 Å². The van der Waals surface area contributed by atoms with E-state index in [1.807, 2.05) is 39.8 Å². The molecule has 0 spiro atoms. The molecule has 832 valence electrons. The van der Waals surface area contributed by atoms with Gasteiger partial charge in [-0.05, 0) is 210 Å². The number of benzene rings is 4. The van der Waals surface area contributed by atoms with E-state index in [1.54, 1.807) is 90.3 Å². The van der Waals surface area contributed by atoms with Crippen LogP contribution in [-0.2, 0) is 97.4 Å². The molecule has 0 saturated carbocycles. The topological polar surface area (TPSA) is 154 Å². The summed E-state index contributed by atoms with van der Waals surface area (Å²) in [5.41, 5.74) is -2.80. The van der Waals surface area contributed by atoms with Gasteiger partial charge in [0.2, 0.25) is 0 Å². The number of alkyl halides is 18. The van der Waals surface area contributed by atoms with Crippen molar-refractivity contribution in [3.8, 4) is 44.5 Å². The number of pyridine rings is 4. The van der Waals surface area contributed by atoms with E-state index in [0.717, 1.165) is 126 Å². The van der Waals surface area contributed by atoms with Crippen LogP contribution in [-0.4, -0.2) is 196 Å². The van der Waals surface area contributed by atoms with Crippen LogP contribution in [0.25, 0.3) is 66.1 Å². The van der Waals surface area contributed by atoms with E-state index >= 15 is 0 Å². The Kier molecular flexibility index (Phi) is 63.6. The van der Waals surface area contributed by atoms with Crippen LogP contribution in [0.1, 0.15) is 185 Å². The molecule has 146 heavy (non-hydrogen) atoms. The van der Waals surface area contributed by atoms with Gasteiger partial charge in [0.1, 0.15) is 0 Å². The third kappa shape index (κ3) is 58.3. The molecular weight excluding hydrogens is 2600 g/mol. The number of likely N-dealkylation sites (tertiary alicyclic amines) is 4. The van der Waals surface area contributed by atoms with Crippen molar-refractivity contribution in [2.24, 2.45) is 0 Å². The largest absolute Gasteiger partial charge is 4.00 e. The average molecular weight is 2700 g/mol. The van der Waals surface area contributed by atoms with Crippen molar-refractivity contribution < 1.29 is 188 Å². The Morgan fingerprint density at radius 1 is 0.281 bits per heavy atom. The molecule has 4 aliphatic heterocycles. The molecule has 12 rings (SSSR count). The summed E-state index contributed by atoms with van der Waals surface area (Å²) in [4.78, 5) is 27.3. The SMILES string of the molecule is CC.CC.CC=[N-].CC=[N-].CC=[N-].CC=[N-].Cc1cc(C(F)(F)F)cc(C(F)(F)F)c1-c1ccc(CN2CCC[C@@H]2[C@H]2CCCN2Cc2ccc(-c3c(C)cc(C(F)(F)F)cc3C(F)(F)F)cn2)nc1.Cc1cccc(C(F)(F)F)c1-c1ccc(CN2CCC[C@@H]2[C@H]2CCCN2Cc2ccc(-c3c(C)cccc3C(F)(F)F)cn2)nc1.[F-].[F-].[F-].[F-].[F][Sb]([F])([F])([F])[F].[F][Sb]([F])([F])([F])[F].[F][Sb]([F])([F])([F])[F].[F][Sb]([F])([F])([F])[F].[Fe+4].[Fe+4]. The molecule has 4 aromatic heterocycles. The Morgan fingerprint density at radius 2 is 0.452 bits per heavy atom. The maximum absolute atomic E-state index is 13.9. The quantitative estimate of drug-likeness (QED) is 0.0592. The minimum atomic E-state index is -9.19. The summed E-state index contributed by atoms with van der Waals surface area (Å²) in [5, 5.41) is 29.8. The number of aromatic nitrogens is 4. The fourth-order valence-electron chi connectivity index (χ4n) is 15.1. The third-order valence-electron chi connectivity index (χ3n) is 19.6. The van der Waals surface area contributed by atoms with Crippen LogP contribution >= 0.6 is 0 Å². The monoisotopic (exact) mass is 2690 g/mol. The van der Waals surface area contributed by atoms with Gasteiger partial charge in [-0.1, -0.05) is 104 Å². The summed E-state index contributed by atoms with van der Waals surface area (Å²) in [6.45, 7) is 25.3. The second-order valence-corrected chi connectivity index (χ2v) is 44.5. The van der Waals surface area contributed by atoms with E-state index in [4.69, 9.17) is 21.6 Å². The molecule has 4 atom stereocenters. The molecule has 4 aromatic carbocycles. The first-order valence-corrected chi connectivity index (χ1v) is 60.7. The zero-order chi connectivity index (χ0) is 109. The minimum Gasteiger partial charge on any atom is 4.00 e.